The van der Waals surface area contributed by atoms with Gasteiger partial charge in [-0.2, -0.15) is 0 Å². The quantitative estimate of drug-likeness (QED) is 0.661. The molecule has 3 rings (SSSR count). The van der Waals surface area contributed by atoms with Gasteiger partial charge in [0.2, 0.25) is 0 Å². The predicted octanol–water partition coefficient (Wildman–Crippen LogP) is 1.27. The maximum atomic E-state index is 5.65. The predicted molar refractivity (Wildman–Crippen MR) is 57.6 cm³/mol. The Morgan fingerprint density at radius 2 is 2.12 bits per heavy atom. The second-order valence-electron chi connectivity index (χ2n) is 3.47. The highest BCUT2D eigenvalue weighted by Gasteiger charge is 2.16. The van der Waals surface area contributed by atoms with Crippen LogP contribution in [0.25, 0.3) is 17.0 Å². The third kappa shape index (κ3) is 1.10. The van der Waals surface area contributed by atoms with Gasteiger partial charge in [-0.1, -0.05) is 6.07 Å². The average Bonchev–Trinajstić information content (AvgIpc) is 2.84. The molecule has 0 radical (unpaired) electrons. The van der Waals surface area contributed by atoms with Gasteiger partial charge in [-0.3, -0.25) is 0 Å². The number of rotatable bonds is 1. The summed E-state index contributed by atoms with van der Waals surface area (Å²) in [6.45, 7) is 1.95. The summed E-state index contributed by atoms with van der Waals surface area (Å²) in [5.41, 5.74) is 8.63. The number of nitrogen functional groups attached to an aromatic ring is 1. The number of aromatic nitrogens is 4. The van der Waals surface area contributed by atoms with Gasteiger partial charge in [-0.15, -0.1) is 0 Å². The molecule has 0 atom stereocenters. The van der Waals surface area contributed by atoms with Crippen molar-refractivity contribution in [1.82, 2.24) is 19.7 Å². The molecule has 0 aliphatic carbocycles. The van der Waals surface area contributed by atoms with Crippen LogP contribution in [0, 0.1) is 6.92 Å². The van der Waals surface area contributed by atoms with E-state index in [0.717, 1.165) is 11.3 Å². The molecule has 0 unspecified atom stereocenters. The molecule has 0 amide bonds. The van der Waals surface area contributed by atoms with E-state index in [1.807, 2.05) is 35.7 Å². The summed E-state index contributed by atoms with van der Waals surface area (Å²) in [7, 11) is 0. The Morgan fingerprint density at radius 1 is 1.25 bits per heavy atom. The molecular formula is C10H9N5O. The number of hydrogen-bond acceptors (Lipinski definition) is 5. The van der Waals surface area contributed by atoms with E-state index in [9.17, 15) is 0 Å². The van der Waals surface area contributed by atoms with Crippen LogP contribution in [0.4, 0.5) is 5.82 Å². The Kier molecular flexibility index (Phi) is 1.70. The molecule has 0 aromatic carbocycles. The fourth-order valence-corrected chi connectivity index (χ4v) is 1.70. The lowest BCUT2D eigenvalue weighted by molar-refractivity contribution is 0.310. The maximum Gasteiger partial charge on any atom is 0.198 e. The number of nitrogens with two attached hydrogens (primary N) is 1. The van der Waals surface area contributed by atoms with Gasteiger partial charge < -0.3 is 10.1 Å². The standard InChI is InChI=1S/C10H9N5O/c1-6-8(9-10(11)14-16-13-9)12-7-4-2-3-5-15(6)7/h2-5H,1H3,(H2,11,14). The van der Waals surface area contributed by atoms with Crippen LogP contribution in [0.5, 0.6) is 0 Å². The Bertz CT molecular complexity index is 654. The summed E-state index contributed by atoms with van der Waals surface area (Å²) >= 11 is 0. The molecule has 2 N–H and O–H groups in total. The number of hydrogen-bond donors (Lipinski definition) is 1. The van der Waals surface area contributed by atoms with Crippen molar-refractivity contribution in [2.75, 3.05) is 5.73 Å². The largest absolute Gasteiger partial charge is 0.379 e. The number of imidazole rings is 1. The van der Waals surface area contributed by atoms with Gasteiger partial charge in [0.05, 0.1) is 0 Å². The molecule has 80 valence electrons. The number of fused-ring (bicyclic) bond motifs is 1. The van der Waals surface area contributed by atoms with Crippen LogP contribution in [-0.4, -0.2) is 19.7 Å². The van der Waals surface area contributed by atoms with Crippen LogP contribution in [0.1, 0.15) is 5.69 Å². The number of pyridine rings is 1. The minimum absolute atomic E-state index is 0.256. The van der Waals surface area contributed by atoms with E-state index in [-0.39, 0.29) is 5.82 Å². The molecule has 3 heterocycles. The fourth-order valence-electron chi connectivity index (χ4n) is 1.70. The van der Waals surface area contributed by atoms with Gasteiger partial charge in [0.15, 0.2) is 11.5 Å². The first kappa shape index (κ1) is 8.90. The molecular weight excluding hydrogens is 206 g/mol. The van der Waals surface area contributed by atoms with Crippen molar-refractivity contribution in [2.24, 2.45) is 0 Å². The van der Waals surface area contributed by atoms with Crippen LogP contribution in [0.2, 0.25) is 0 Å². The Labute approximate surface area is 90.7 Å². The van der Waals surface area contributed by atoms with Crippen molar-refractivity contribution in [1.29, 1.82) is 0 Å². The van der Waals surface area contributed by atoms with Gasteiger partial charge in [0.25, 0.3) is 0 Å². The van der Waals surface area contributed by atoms with Crippen LogP contribution in [-0.2, 0) is 0 Å². The molecule has 0 spiro atoms. The lowest BCUT2D eigenvalue weighted by atomic mass is 10.2. The molecule has 16 heavy (non-hydrogen) atoms. The van der Waals surface area contributed by atoms with E-state index < -0.39 is 0 Å². The van der Waals surface area contributed by atoms with Crippen molar-refractivity contribution in [3.05, 3.63) is 30.1 Å². The summed E-state index contributed by atoms with van der Waals surface area (Å²) in [4.78, 5) is 4.44. The minimum atomic E-state index is 0.256. The second-order valence-corrected chi connectivity index (χ2v) is 3.47. The molecule has 3 aromatic rings. The first-order chi connectivity index (χ1) is 7.77. The monoisotopic (exact) mass is 215 g/mol. The first-order valence-corrected chi connectivity index (χ1v) is 4.79. The zero-order valence-corrected chi connectivity index (χ0v) is 8.58. The molecule has 0 aliphatic rings. The van der Waals surface area contributed by atoms with Crippen molar-refractivity contribution >= 4 is 11.5 Å². The topological polar surface area (TPSA) is 82.2 Å². The van der Waals surface area contributed by atoms with E-state index in [1.165, 1.54) is 0 Å². The van der Waals surface area contributed by atoms with Crippen LogP contribution >= 0.6 is 0 Å². The minimum Gasteiger partial charge on any atom is -0.379 e. The van der Waals surface area contributed by atoms with E-state index in [2.05, 4.69) is 19.9 Å². The third-order valence-corrected chi connectivity index (χ3v) is 2.51. The number of anilines is 1. The molecule has 3 aromatic heterocycles. The zero-order chi connectivity index (χ0) is 11.1. The van der Waals surface area contributed by atoms with Crippen LogP contribution < -0.4 is 5.73 Å². The Hall–Kier alpha value is -2.37. The highest BCUT2D eigenvalue weighted by atomic mass is 16.6. The summed E-state index contributed by atoms with van der Waals surface area (Å²) in [5, 5.41) is 7.30. The first-order valence-electron chi connectivity index (χ1n) is 4.79. The van der Waals surface area contributed by atoms with Crippen molar-refractivity contribution in [2.45, 2.75) is 6.92 Å². The second kappa shape index (κ2) is 3.06. The number of nitrogens with zero attached hydrogens (tertiary/aromatic N) is 4. The zero-order valence-electron chi connectivity index (χ0n) is 8.58. The molecule has 0 aliphatic heterocycles. The van der Waals surface area contributed by atoms with Crippen LogP contribution in [0.15, 0.2) is 29.0 Å². The van der Waals surface area contributed by atoms with Gasteiger partial charge in [0.1, 0.15) is 11.3 Å². The van der Waals surface area contributed by atoms with Crippen molar-refractivity contribution in [3.8, 4) is 11.4 Å². The molecule has 0 bridgehead atoms. The maximum absolute atomic E-state index is 5.65. The number of aryl methyl sites for hydroxylation is 1. The third-order valence-electron chi connectivity index (χ3n) is 2.51. The van der Waals surface area contributed by atoms with Gasteiger partial charge in [0, 0.05) is 11.9 Å². The highest BCUT2D eigenvalue weighted by molar-refractivity contribution is 5.70. The Morgan fingerprint density at radius 3 is 2.81 bits per heavy atom. The van der Waals surface area contributed by atoms with E-state index in [4.69, 9.17) is 5.73 Å². The van der Waals surface area contributed by atoms with Crippen molar-refractivity contribution in [3.63, 3.8) is 0 Å². The summed E-state index contributed by atoms with van der Waals surface area (Å²) in [6.07, 6.45) is 1.94. The van der Waals surface area contributed by atoms with Gasteiger partial charge >= 0.3 is 0 Å². The summed E-state index contributed by atoms with van der Waals surface area (Å²) < 4.78 is 6.54. The molecule has 0 saturated heterocycles. The van der Waals surface area contributed by atoms with Crippen molar-refractivity contribution < 1.29 is 4.63 Å². The van der Waals surface area contributed by atoms with Gasteiger partial charge in [-0.25, -0.2) is 9.61 Å². The molecule has 0 fully saturated rings. The van der Waals surface area contributed by atoms with E-state index >= 15 is 0 Å². The fraction of sp³-hybridized carbons (Fsp3) is 0.100. The molecule has 6 heteroatoms. The normalized spacial score (nSPS) is 11.1. The smallest absolute Gasteiger partial charge is 0.198 e. The van der Waals surface area contributed by atoms with Gasteiger partial charge in [-0.05, 0) is 29.4 Å². The molecule has 0 saturated carbocycles. The van der Waals surface area contributed by atoms with E-state index in [1.54, 1.807) is 0 Å². The summed E-state index contributed by atoms with van der Waals surface area (Å²) in [6, 6.07) is 5.78. The highest BCUT2D eigenvalue weighted by Crippen LogP contribution is 2.25. The lowest BCUT2D eigenvalue weighted by Crippen LogP contribution is -1.91. The van der Waals surface area contributed by atoms with Crippen LogP contribution in [0.3, 0.4) is 0 Å². The van der Waals surface area contributed by atoms with E-state index in [0.29, 0.717) is 11.4 Å². The summed E-state index contributed by atoms with van der Waals surface area (Å²) in [5.74, 6) is 0.256. The lowest BCUT2D eigenvalue weighted by Gasteiger charge is -1.94. The Balaban J connectivity index is 2.33. The SMILES string of the molecule is Cc1c(-c2nonc2N)nc2ccccn12. The average molecular weight is 215 g/mol. The molecule has 6 nitrogen and oxygen atoms in total.